The van der Waals surface area contributed by atoms with Crippen LogP contribution >= 0.6 is 0 Å². The van der Waals surface area contributed by atoms with E-state index in [0.717, 1.165) is 31.2 Å². The van der Waals surface area contributed by atoms with Crippen LogP contribution in [0.4, 0.5) is 0 Å². The zero-order valence-electron chi connectivity index (χ0n) is 17.8. The molecule has 0 bridgehead atoms. The second-order valence-corrected chi connectivity index (χ2v) is 7.48. The fraction of sp³-hybridized carbons (Fsp3) is 0.480. The van der Waals surface area contributed by atoms with Crippen LogP contribution in [0.25, 0.3) is 0 Å². The molecule has 4 nitrogen and oxygen atoms in total. The maximum atomic E-state index is 12.2. The number of carbonyl (C=O) groups is 1. The van der Waals surface area contributed by atoms with Crippen LogP contribution in [0.3, 0.4) is 0 Å². The molecule has 0 saturated heterocycles. The molecule has 4 heteroatoms. The Labute approximate surface area is 175 Å². The normalized spacial score (nSPS) is 12.2. The highest BCUT2D eigenvalue weighted by atomic mass is 16.5. The molecule has 2 rings (SSSR count). The quantitative estimate of drug-likeness (QED) is 0.223. The average molecular weight is 395 g/mol. The Bertz CT molecular complexity index is 726. The van der Waals surface area contributed by atoms with Gasteiger partial charge in [-0.3, -0.25) is 0 Å². The van der Waals surface area contributed by atoms with Crippen molar-refractivity contribution in [3.05, 3.63) is 66.0 Å². The molecule has 0 radical (unpaired) electrons. The van der Waals surface area contributed by atoms with Crippen molar-refractivity contribution >= 4 is 5.97 Å². The van der Waals surface area contributed by atoms with E-state index in [1.807, 2.05) is 24.3 Å². The number of esters is 1. The lowest BCUT2D eigenvalue weighted by Gasteiger charge is -2.13. The number of hydrogen-bond acceptors (Lipinski definition) is 4. The van der Waals surface area contributed by atoms with Gasteiger partial charge in [0.2, 0.25) is 0 Å². The van der Waals surface area contributed by atoms with Crippen molar-refractivity contribution in [2.75, 3.05) is 0 Å². The number of hydrogen-bond donors (Lipinski definition) is 0. The largest absolute Gasteiger partial charge is 0.388 e. The lowest BCUT2D eigenvalue weighted by atomic mass is 9.93. The summed E-state index contributed by atoms with van der Waals surface area (Å²) >= 11 is 0. The molecule has 1 heterocycles. The number of rotatable bonds is 13. The first kappa shape index (κ1) is 22.8. The summed E-state index contributed by atoms with van der Waals surface area (Å²) in [6, 6.07) is 10.4. The second kappa shape index (κ2) is 13.6. The Kier molecular flexibility index (Phi) is 10.7. The van der Waals surface area contributed by atoms with Gasteiger partial charge in [-0.1, -0.05) is 88.8 Å². The molecule has 0 amide bonds. The molecule has 1 atom stereocenters. The third-order valence-electron chi connectivity index (χ3n) is 5.00. The third-order valence-corrected chi connectivity index (χ3v) is 5.00. The highest BCUT2D eigenvalue weighted by Gasteiger charge is 2.10. The molecule has 0 N–H and O–H groups in total. The van der Waals surface area contributed by atoms with Crippen molar-refractivity contribution < 1.29 is 9.53 Å². The van der Waals surface area contributed by atoms with Crippen molar-refractivity contribution in [1.82, 2.24) is 9.97 Å². The predicted octanol–water partition coefficient (Wildman–Crippen LogP) is 6.43. The van der Waals surface area contributed by atoms with Crippen molar-refractivity contribution in [2.24, 2.45) is 0 Å². The summed E-state index contributed by atoms with van der Waals surface area (Å²) in [5, 5.41) is 0. The second-order valence-electron chi connectivity index (χ2n) is 7.48. The minimum atomic E-state index is -0.433. The van der Waals surface area contributed by atoms with E-state index >= 15 is 0 Å². The van der Waals surface area contributed by atoms with Gasteiger partial charge in [0.05, 0.1) is 0 Å². The summed E-state index contributed by atoms with van der Waals surface area (Å²) in [5.74, 6) is -0.223. The van der Waals surface area contributed by atoms with Gasteiger partial charge in [0.1, 0.15) is 0 Å². The summed E-state index contributed by atoms with van der Waals surface area (Å²) in [7, 11) is 0. The summed E-state index contributed by atoms with van der Waals surface area (Å²) in [5.41, 5.74) is 2.30. The predicted molar refractivity (Wildman–Crippen MR) is 118 cm³/mol. The topological polar surface area (TPSA) is 52.1 Å². The van der Waals surface area contributed by atoms with E-state index in [1.165, 1.54) is 43.7 Å². The highest BCUT2D eigenvalue weighted by Crippen LogP contribution is 2.24. The molecule has 1 unspecified atom stereocenters. The van der Waals surface area contributed by atoms with Gasteiger partial charge < -0.3 is 4.74 Å². The van der Waals surface area contributed by atoms with E-state index in [9.17, 15) is 4.79 Å². The lowest BCUT2D eigenvalue weighted by molar-refractivity contribution is -0.129. The maximum absolute atomic E-state index is 12.2. The van der Waals surface area contributed by atoms with Crippen LogP contribution in [-0.2, 0) is 11.2 Å². The Hall–Kier alpha value is -2.49. The number of nitrogens with zero attached hydrogens (tertiary/aromatic N) is 2. The molecule has 0 fully saturated rings. The Morgan fingerprint density at radius 2 is 1.66 bits per heavy atom. The molecule has 1 aromatic carbocycles. The molecule has 2 aromatic rings. The van der Waals surface area contributed by atoms with Gasteiger partial charge >= 0.3 is 12.0 Å². The van der Waals surface area contributed by atoms with E-state index in [4.69, 9.17) is 4.74 Å². The van der Waals surface area contributed by atoms with Crippen LogP contribution in [0.15, 0.2) is 54.9 Å². The van der Waals surface area contributed by atoms with Crippen LogP contribution in [0.5, 0.6) is 6.01 Å². The van der Waals surface area contributed by atoms with Gasteiger partial charge in [-0.15, -0.1) is 0 Å². The van der Waals surface area contributed by atoms with Crippen molar-refractivity contribution in [1.29, 1.82) is 0 Å². The van der Waals surface area contributed by atoms with Gasteiger partial charge in [0, 0.05) is 24.4 Å². The number of unbranched alkanes of at least 4 members (excludes halogenated alkanes) is 5. The van der Waals surface area contributed by atoms with Crippen LogP contribution in [0.1, 0.15) is 82.3 Å². The minimum absolute atomic E-state index is 0.110. The van der Waals surface area contributed by atoms with Gasteiger partial charge in [-0.2, -0.15) is 0 Å². The van der Waals surface area contributed by atoms with Gasteiger partial charge in [-0.05, 0) is 30.4 Å². The monoisotopic (exact) mass is 394 g/mol. The first-order valence-electron chi connectivity index (χ1n) is 11.0. The fourth-order valence-electron chi connectivity index (χ4n) is 3.29. The number of ether oxygens (including phenoxy) is 1. The summed E-state index contributed by atoms with van der Waals surface area (Å²) in [6.07, 6.45) is 17.3. The summed E-state index contributed by atoms with van der Waals surface area (Å²) in [6.45, 7) is 4.40. The number of aryl methyl sites for hydroxylation is 1. The van der Waals surface area contributed by atoms with Gasteiger partial charge in [-0.25, -0.2) is 14.8 Å². The molecule has 0 aliphatic carbocycles. The Morgan fingerprint density at radius 1 is 0.966 bits per heavy atom. The standard InChI is InChI=1S/C25H34N2O2/c1-3-5-7-10-13-21-19-26-25(27-20-21)29-24(28)18-17-23(14-9-6-4-2)22-15-11-8-12-16-22/h8,11-12,15-20,23H,3-7,9-10,13-14H2,1-2H3/b18-17+. The van der Waals surface area contributed by atoms with E-state index in [2.05, 4.69) is 35.9 Å². The third kappa shape index (κ3) is 9.03. The number of benzene rings is 1. The zero-order chi connectivity index (χ0) is 20.7. The zero-order valence-corrected chi connectivity index (χ0v) is 17.8. The molecular formula is C25H34N2O2. The number of carbonyl (C=O) groups excluding carboxylic acids is 1. The van der Waals surface area contributed by atoms with Crippen LogP contribution in [0, 0.1) is 0 Å². The molecule has 0 spiro atoms. The van der Waals surface area contributed by atoms with E-state index < -0.39 is 5.97 Å². The minimum Gasteiger partial charge on any atom is -0.388 e. The van der Waals surface area contributed by atoms with Crippen LogP contribution in [-0.4, -0.2) is 15.9 Å². The van der Waals surface area contributed by atoms with Crippen molar-refractivity contribution in [2.45, 2.75) is 77.6 Å². The fourth-order valence-corrected chi connectivity index (χ4v) is 3.29. The maximum Gasteiger partial charge on any atom is 0.338 e. The molecular weight excluding hydrogens is 360 g/mol. The molecule has 0 aliphatic heterocycles. The Morgan fingerprint density at radius 3 is 2.34 bits per heavy atom. The first-order valence-corrected chi connectivity index (χ1v) is 11.0. The number of aromatic nitrogens is 2. The van der Waals surface area contributed by atoms with E-state index in [-0.39, 0.29) is 11.9 Å². The number of allylic oxidation sites excluding steroid dienone is 1. The van der Waals surface area contributed by atoms with E-state index in [1.54, 1.807) is 12.4 Å². The SMILES string of the molecule is CCCCCCc1cnc(OC(=O)/C=C/C(CCCCC)c2ccccc2)nc1. The summed E-state index contributed by atoms with van der Waals surface area (Å²) < 4.78 is 5.28. The van der Waals surface area contributed by atoms with Gasteiger partial charge in [0.15, 0.2) is 0 Å². The van der Waals surface area contributed by atoms with Crippen LogP contribution in [0.2, 0.25) is 0 Å². The summed E-state index contributed by atoms with van der Waals surface area (Å²) in [4.78, 5) is 20.6. The molecule has 29 heavy (non-hydrogen) atoms. The molecule has 156 valence electrons. The average Bonchev–Trinajstić information content (AvgIpc) is 2.75. The molecule has 1 aromatic heterocycles. The molecule has 0 aliphatic rings. The van der Waals surface area contributed by atoms with E-state index in [0.29, 0.717) is 0 Å². The van der Waals surface area contributed by atoms with Gasteiger partial charge in [0.25, 0.3) is 0 Å². The lowest BCUT2D eigenvalue weighted by Crippen LogP contribution is -2.08. The van der Waals surface area contributed by atoms with Crippen molar-refractivity contribution in [3.63, 3.8) is 0 Å². The smallest absolute Gasteiger partial charge is 0.338 e. The first-order chi connectivity index (χ1) is 14.2. The van der Waals surface area contributed by atoms with Crippen LogP contribution < -0.4 is 4.74 Å². The Balaban J connectivity index is 1.88. The van der Waals surface area contributed by atoms with Crippen molar-refractivity contribution in [3.8, 4) is 6.01 Å². The molecule has 0 saturated carbocycles. The highest BCUT2D eigenvalue weighted by molar-refractivity contribution is 5.83.